The summed E-state index contributed by atoms with van der Waals surface area (Å²) in [4.78, 5) is 0. The Hall–Kier alpha value is -0.870. The zero-order valence-electron chi connectivity index (χ0n) is 11.6. The molecule has 0 bridgehead atoms. The molecule has 2 atom stereocenters. The van der Waals surface area contributed by atoms with E-state index in [0.29, 0.717) is 11.8 Å². The monoisotopic (exact) mass is 269 g/mol. The molecule has 3 nitrogen and oxygen atoms in total. The zero-order chi connectivity index (χ0) is 13.5. The Bertz CT molecular complexity index is 371. The van der Waals surface area contributed by atoms with E-state index in [2.05, 4.69) is 26.1 Å². The first-order valence-corrected chi connectivity index (χ1v) is 7.44. The fourth-order valence-electron chi connectivity index (χ4n) is 1.88. The molecule has 0 aliphatic carbocycles. The molecule has 0 amide bonds. The van der Waals surface area contributed by atoms with Gasteiger partial charge in [0.1, 0.15) is 11.5 Å². The molecule has 2 unspecified atom stereocenters. The highest BCUT2D eigenvalue weighted by atomic mass is 32.2. The van der Waals surface area contributed by atoms with Crippen molar-refractivity contribution >= 4 is 11.8 Å². The van der Waals surface area contributed by atoms with E-state index in [9.17, 15) is 5.11 Å². The highest BCUT2D eigenvalue weighted by Crippen LogP contribution is 2.28. The molecule has 0 radical (unpaired) electrons. The van der Waals surface area contributed by atoms with Crippen LogP contribution in [-0.2, 0) is 0 Å². The molecule has 1 aromatic rings. The first kappa shape index (κ1) is 15.2. The fraction of sp³-hybridized carbons (Fsp3) is 0.571. The second-order valence-electron chi connectivity index (χ2n) is 4.37. The van der Waals surface area contributed by atoms with Crippen LogP contribution in [0.25, 0.3) is 0 Å². The molecule has 1 aromatic carbocycles. The molecule has 102 valence electrons. The third kappa shape index (κ3) is 4.42. The summed E-state index contributed by atoms with van der Waals surface area (Å²) in [7, 11) is 1.60. The molecule has 1 rings (SSSR count). The number of phenolic OH excluding ortho intramolecular Hbond substituents is 1. The van der Waals surface area contributed by atoms with Crippen molar-refractivity contribution in [3.8, 4) is 11.5 Å². The first-order valence-electron chi connectivity index (χ1n) is 6.29. The Kier molecular flexibility index (Phi) is 6.36. The molecule has 18 heavy (non-hydrogen) atoms. The van der Waals surface area contributed by atoms with Crippen molar-refractivity contribution in [1.29, 1.82) is 0 Å². The van der Waals surface area contributed by atoms with Crippen molar-refractivity contribution in [3.05, 3.63) is 23.8 Å². The van der Waals surface area contributed by atoms with Crippen molar-refractivity contribution in [1.82, 2.24) is 5.32 Å². The Morgan fingerprint density at radius 2 is 2.11 bits per heavy atom. The van der Waals surface area contributed by atoms with Crippen molar-refractivity contribution in [2.75, 3.05) is 18.6 Å². The summed E-state index contributed by atoms with van der Waals surface area (Å²) in [5, 5.41) is 13.4. The maximum atomic E-state index is 9.96. The van der Waals surface area contributed by atoms with E-state index in [0.717, 1.165) is 17.1 Å². The minimum Gasteiger partial charge on any atom is -0.507 e. The van der Waals surface area contributed by atoms with Crippen LogP contribution in [0.3, 0.4) is 0 Å². The highest BCUT2D eigenvalue weighted by molar-refractivity contribution is 7.99. The minimum atomic E-state index is 0.128. The Balaban J connectivity index is 2.63. The molecule has 0 fully saturated rings. The van der Waals surface area contributed by atoms with Crippen molar-refractivity contribution in [2.24, 2.45) is 0 Å². The van der Waals surface area contributed by atoms with Gasteiger partial charge < -0.3 is 15.2 Å². The van der Waals surface area contributed by atoms with Crippen LogP contribution in [0.2, 0.25) is 0 Å². The predicted molar refractivity (Wildman–Crippen MR) is 78.7 cm³/mol. The van der Waals surface area contributed by atoms with Gasteiger partial charge in [-0.15, -0.1) is 0 Å². The van der Waals surface area contributed by atoms with Crippen LogP contribution in [0.1, 0.15) is 32.4 Å². The van der Waals surface area contributed by atoms with Crippen LogP contribution in [0.15, 0.2) is 18.2 Å². The molecule has 0 saturated carbocycles. The Labute approximate surface area is 114 Å². The van der Waals surface area contributed by atoms with Crippen molar-refractivity contribution < 1.29 is 9.84 Å². The first-order chi connectivity index (χ1) is 8.58. The summed E-state index contributed by atoms with van der Waals surface area (Å²) < 4.78 is 5.08. The molecule has 0 aromatic heterocycles. The van der Waals surface area contributed by atoms with E-state index >= 15 is 0 Å². The summed E-state index contributed by atoms with van der Waals surface area (Å²) in [5.41, 5.74) is 0.907. The van der Waals surface area contributed by atoms with E-state index < -0.39 is 0 Å². The smallest absolute Gasteiger partial charge is 0.124 e. The number of rotatable bonds is 7. The summed E-state index contributed by atoms with van der Waals surface area (Å²) >= 11 is 1.92. The van der Waals surface area contributed by atoms with Crippen molar-refractivity contribution in [2.45, 2.75) is 32.9 Å². The van der Waals surface area contributed by atoms with Crippen LogP contribution in [0, 0.1) is 0 Å². The standard InChI is InChI=1S/C14H23NO2S/c1-5-18-9-10(2)15-11(3)13-7-6-12(17-4)8-14(13)16/h6-8,10-11,15-16H,5,9H2,1-4H3. The zero-order valence-corrected chi connectivity index (χ0v) is 12.4. The third-order valence-corrected chi connectivity index (χ3v) is 3.95. The molecule has 0 aliphatic rings. The number of methoxy groups -OCH3 is 1. The van der Waals surface area contributed by atoms with Crippen molar-refractivity contribution in [3.63, 3.8) is 0 Å². The van der Waals surface area contributed by atoms with Gasteiger partial charge in [0.2, 0.25) is 0 Å². The molecule has 0 aliphatic heterocycles. The normalized spacial score (nSPS) is 14.2. The number of ether oxygens (including phenoxy) is 1. The topological polar surface area (TPSA) is 41.5 Å². The minimum absolute atomic E-state index is 0.128. The Morgan fingerprint density at radius 3 is 2.67 bits per heavy atom. The van der Waals surface area contributed by atoms with Crippen LogP contribution in [0.5, 0.6) is 11.5 Å². The molecule has 2 N–H and O–H groups in total. The number of aromatic hydroxyl groups is 1. The van der Waals surface area contributed by atoms with Gasteiger partial charge in [0.15, 0.2) is 0 Å². The Morgan fingerprint density at radius 1 is 1.39 bits per heavy atom. The van der Waals surface area contributed by atoms with Crippen LogP contribution in [0.4, 0.5) is 0 Å². The summed E-state index contributed by atoms with van der Waals surface area (Å²) in [6.07, 6.45) is 0. The largest absolute Gasteiger partial charge is 0.507 e. The molecule has 0 heterocycles. The van der Waals surface area contributed by atoms with Gasteiger partial charge in [-0.05, 0) is 25.7 Å². The SMILES string of the molecule is CCSCC(C)NC(C)c1ccc(OC)cc1O. The molecule has 4 heteroatoms. The number of thioether (sulfide) groups is 1. The molecule has 0 spiro atoms. The number of hydrogen-bond acceptors (Lipinski definition) is 4. The van der Waals surface area contributed by atoms with E-state index in [1.54, 1.807) is 13.2 Å². The quantitative estimate of drug-likeness (QED) is 0.797. The van der Waals surface area contributed by atoms with Gasteiger partial charge in [0.25, 0.3) is 0 Å². The van der Waals surface area contributed by atoms with Crippen LogP contribution >= 0.6 is 11.8 Å². The number of hydrogen-bond donors (Lipinski definition) is 2. The van der Waals surface area contributed by atoms with E-state index in [4.69, 9.17) is 4.74 Å². The second kappa shape index (κ2) is 7.54. The number of benzene rings is 1. The van der Waals surface area contributed by atoms with E-state index in [1.165, 1.54) is 0 Å². The van der Waals surface area contributed by atoms with E-state index in [-0.39, 0.29) is 11.8 Å². The predicted octanol–water partition coefficient (Wildman–Crippen LogP) is 3.19. The lowest BCUT2D eigenvalue weighted by Gasteiger charge is -2.21. The molecular weight excluding hydrogens is 246 g/mol. The lowest BCUT2D eigenvalue weighted by atomic mass is 10.1. The average molecular weight is 269 g/mol. The maximum Gasteiger partial charge on any atom is 0.124 e. The lowest BCUT2D eigenvalue weighted by molar-refractivity contribution is 0.402. The van der Waals surface area contributed by atoms with Gasteiger partial charge in [-0.25, -0.2) is 0 Å². The fourth-order valence-corrected chi connectivity index (χ4v) is 2.56. The lowest BCUT2D eigenvalue weighted by Crippen LogP contribution is -2.30. The average Bonchev–Trinajstić information content (AvgIpc) is 2.35. The summed E-state index contributed by atoms with van der Waals surface area (Å²) in [6, 6.07) is 5.98. The summed E-state index contributed by atoms with van der Waals surface area (Å²) in [5.74, 6) is 3.18. The van der Waals surface area contributed by atoms with Gasteiger partial charge >= 0.3 is 0 Å². The highest BCUT2D eigenvalue weighted by Gasteiger charge is 2.13. The van der Waals surface area contributed by atoms with Gasteiger partial charge in [-0.2, -0.15) is 11.8 Å². The van der Waals surface area contributed by atoms with Crippen LogP contribution < -0.4 is 10.1 Å². The summed E-state index contributed by atoms with van der Waals surface area (Å²) in [6.45, 7) is 6.39. The maximum absolute atomic E-state index is 9.96. The molecular formula is C14H23NO2S. The molecule has 0 saturated heterocycles. The third-order valence-electron chi connectivity index (χ3n) is 2.81. The second-order valence-corrected chi connectivity index (χ2v) is 5.69. The number of nitrogens with one attached hydrogen (secondary N) is 1. The van der Waals surface area contributed by atoms with Gasteiger partial charge in [-0.1, -0.05) is 13.0 Å². The van der Waals surface area contributed by atoms with Gasteiger partial charge in [0.05, 0.1) is 7.11 Å². The van der Waals surface area contributed by atoms with Crippen LogP contribution in [-0.4, -0.2) is 29.8 Å². The van der Waals surface area contributed by atoms with E-state index in [1.807, 2.05) is 23.9 Å². The van der Waals surface area contributed by atoms with Gasteiger partial charge in [-0.3, -0.25) is 0 Å². The van der Waals surface area contributed by atoms with Gasteiger partial charge in [0, 0.05) is 29.5 Å². The number of phenols is 1.